The smallest absolute Gasteiger partial charge is 0.264 e. The Kier molecular flexibility index (Phi) is 7.10. The molecule has 0 saturated heterocycles. The van der Waals surface area contributed by atoms with Gasteiger partial charge in [-0.25, -0.2) is 8.42 Å². The van der Waals surface area contributed by atoms with Gasteiger partial charge >= 0.3 is 0 Å². The van der Waals surface area contributed by atoms with Crippen molar-refractivity contribution in [3.63, 3.8) is 0 Å². The summed E-state index contributed by atoms with van der Waals surface area (Å²) in [7, 11) is -2.58. The molecule has 1 atom stereocenters. The van der Waals surface area contributed by atoms with Crippen molar-refractivity contribution in [3.8, 4) is 5.75 Å². The van der Waals surface area contributed by atoms with E-state index in [1.165, 1.54) is 25.3 Å². The van der Waals surface area contributed by atoms with Gasteiger partial charge < -0.3 is 10.1 Å². The average molecular weight is 411 g/mol. The normalized spacial score (nSPS) is 12.3. The number of carbonyl (C=O) groups is 1. The van der Waals surface area contributed by atoms with Gasteiger partial charge in [-0.05, 0) is 43.7 Å². The first-order chi connectivity index (χ1) is 12.8. The minimum atomic E-state index is -4.01. The van der Waals surface area contributed by atoms with Gasteiger partial charge in [0.1, 0.15) is 12.3 Å². The lowest BCUT2D eigenvalue weighted by molar-refractivity contribution is -0.120. The maximum Gasteiger partial charge on any atom is 0.264 e. The Labute approximate surface area is 165 Å². The van der Waals surface area contributed by atoms with Gasteiger partial charge in [0.2, 0.25) is 5.91 Å². The van der Waals surface area contributed by atoms with Gasteiger partial charge in [-0.3, -0.25) is 9.10 Å². The molecule has 0 aliphatic heterocycles. The van der Waals surface area contributed by atoms with Crippen molar-refractivity contribution in [2.45, 2.75) is 31.2 Å². The fraction of sp³-hybridized carbons (Fsp3) is 0.316. The number of nitrogens with one attached hydrogen (secondary N) is 1. The van der Waals surface area contributed by atoms with E-state index in [9.17, 15) is 13.2 Å². The van der Waals surface area contributed by atoms with E-state index in [1.807, 2.05) is 13.8 Å². The summed E-state index contributed by atoms with van der Waals surface area (Å²) in [5.74, 6) is -0.110. The quantitative estimate of drug-likeness (QED) is 0.723. The van der Waals surface area contributed by atoms with Crippen LogP contribution in [0.1, 0.15) is 20.3 Å². The van der Waals surface area contributed by atoms with Crippen molar-refractivity contribution in [1.29, 1.82) is 0 Å². The van der Waals surface area contributed by atoms with E-state index in [-0.39, 0.29) is 16.6 Å². The molecule has 2 aromatic carbocycles. The first kappa shape index (κ1) is 21.1. The number of hydrogen-bond donors (Lipinski definition) is 1. The SMILES string of the molecule is CC[C@H](C)NC(=O)CN(c1cc(Cl)ccc1OC)S(=O)(=O)c1ccccc1. The monoisotopic (exact) mass is 410 g/mol. The molecule has 0 bridgehead atoms. The lowest BCUT2D eigenvalue weighted by Crippen LogP contribution is -2.43. The zero-order valence-electron chi connectivity index (χ0n) is 15.5. The van der Waals surface area contributed by atoms with Gasteiger partial charge in [-0.1, -0.05) is 36.7 Å². The summed E-state index contributed by atoms with van der Waals surface area (Å²) >= 11 is 6.08. The molecule has 0 aliphatic carbocycles. The average Bonchev–Trinajstić information content (AvgIpc) is 2.66. The maximum atomic E-state index is 13.3. The highest BCUT2D eigenvalue weighted by Gasteiger charge is 2.29. The van der Waals surface area contributed by atoms with Crippen molar-refractivity contribution < 1.29 is 17.9 Å². The number of sulfonamides is 1. The van der Waals surface area contributed by atoms with Crippen LogP contribution in [-0.2, 0) is 14.8 Å². The Morgan fingerprint density at radius 1 is 1.22 bits per heavy atom. The number of nitrogens with zero attached hydrogens (tertiary/aromatic N) is 1. The van der Waals surface area contributed by atoms with Gasteiger partial charge in [0, 0.05) is 11.1 Å². The summed E-state index contributed by atoms with van der Waals surface area (Å²) in [5, 5.41) is 3.12. The number of carbonyl (C=O) groups excluding carboxylic acids is 1. The van der Waals surface area contributed by atoms with Crippen LogP contribution in [0, 0.1) is 0 Å². The van der Waals surface area contributed by atoms with E-state index >= 15 is 0 Å². The number of ether oxygens (including phenoxy) is 1. The summed E-state index contributed by atoms with van der Waals surface area (Å²) < 4.78 is 32.8. The minimum absolute atomic E-state index is 0.0694. The molecule has 0 saturated carbocycles. The predicted molar refractivity (Wildman–Crippen MR) is 107 cm³/mol. The third kappa shape index (κ3) is 5.14. The predicted octanol–water partition coefficient (Wildman–Crippen LogP) is 3.46. The van der Waals surface area contributed by atoms with Crippen LogP contribution in [0.5, 0.6) is 5.75 Å². The molecule has 0 heterocycles. The Hall–Kier alpha value is -2.25. The molecule has 0 radical (unpaired) electrons. The molecule has 0 unspecified atom stereocenters. The van der Waals surface area contributed by atoms with Crippen molar-refractivity contribution in [1.82, 2.24) is 5.32 Å². The third-order valence-electron chi connectivity index (χ3n) is 4.05. The van der Waals surface area contributed by atoms with Gasteiger partial charge in [0.05, 0.1) is 17.7 Å². The molecule has 0 aromatic heterocycles. The molecular weight excluding hydrogens is 388 g/mol. The van der Waals surface area contributed by atoms with E-state index in [0.717, 1.165) is 10.7 Å². The van der Waals surface area contributed by atoms with Gasteiger partial charge in [-0.2, -0.15) is 0 Å². The Bertz CT molecular complexity index is 888. The lowest BCUT2D eigenvalue weighted by Gasteiger charge is -2.26. The number of benzene rings is 2. The highest BCUT2D eigenvalue weighted by Crippen LogP contribution is 2.34. The van der Waals surface area contributed by atoms with Crippen LogP contribution in [-0.4, -0.2) is 34.0 Å². The van der Waals surface area contributed by atoms with E-state index in [0.29, 0.717) is 10.8 Å². The van der Waals surface area contributed by atoms with Crippen LogP contribution in [0.4, 0.5) is 5.69 Å². The fourth-order valence-corrected chi connectivity index (χ4v) is 4.04. The summed E-state index contributed by atoms with van der Waals surface area (Å²) in [4.78, 5) is 12.5. The second-order valence-electron chi connectivity index (χ2n) is 6.02. The van der Waals surface area contributed by atoms with E-state index < -0.39 is 22.5 Å². The van der Waals surface area contributed by atoms with Crippen molar-refractivity contribution in [3.05, 3.63) is 53.6 Å². The highest BCUT2D eigenvalue weighted by molar-refractivity contribution is 7.92. The third-order valence-corrected chi connectivity index (χ3v) is 6.06. The van der Waals surface area contributed by atoms with Crippen molar-refractivity contribution in [2.24, 2.45) is 0 Å². The zero-order valence-corrected chi connectivity index (χ0v) is 17.0. The highest BCUT2D eigenvalue weighted by atomic mass is 35.5. The number of halogens is 1. The molecule has 27 heavy (non-hydrogen) atoms. The molecule has 1 N–H and O–H groups in total. The largest absolute Gasteiger partial charge is 0.495 e. The van der Waals surface area contributed by atoms with Crippen molar-refractivity contribution >= 4 is 33.2 Å². The number of hydrogen-bond acceptors (Lipinski definition) is 4. The number of amides is 1. The maximum absolute atomic E-state index is 13.3. The van der Waals surface area contributed by atoms with Crippen LogP contribution in [0.25, 0.3) is 0 Å². The summed E-state index contributed by atoms with van der Waals surface area (Å²) in [6, 6.07) is 12.5. The second kappa shape index (κ2) is 9.10. The molecule has 2 aromatic rings. The number of anilines is 1. The number of rotatable bonds is 8. The van der Waals surface area contributed by atoms with Crippen LogP contribution in [0.2, 0.25) is 5.02 Å². The minimum Gasteiger partial charge on any atom is -0.495 e. The second-order valence-corrected chi connectivity index (χ2v) is 8.32. The van der Waals surface area contributed by atoms with E-state index in [4.69, 9.17) is 16.3 Å². The molecule has 0 aliphatic rings. The molecule has 1 amide bonds. The molecule has 8 heteroatoms. The van der Waals surface area contributed by atoms with Crippen LogP contribution < -0.4 is 14.4 Å². The molecule has 146 valence electrons. The lowest BCUT2D eigenvalue weighted by atomic mass is 10.2. The fourth-order valence-electron chi connectivity index (χ4n) is 2.43. The van der Waals surface area contributed by atoms with Gasteiger partial charge in [0.15, 0.2) is 0 Å². The molecule has 2 rings (SSSR count). The molecular formula is C19H23ClN2O4S. The topological polar surface area (TPSA) is 75.7 Å². The number of methoxy groups -OCH3 is 1. The Morgan fingerprint density at radius 3 is 2.48 bits per heavy atom. The molecule has 0 spiro atoms. The summed E-state index contributed by atoms with van der Waals surface area (Å²) in [6.45, 7) is 3.40. The first-order valence-corrected chi connectivity index (χ1v) is 10.3. The molecule has 0 fully saturated rings. The van der Waals surface area contributed by atoms with Crippen LogP contribution in [0.3, 0.4) is 0 Å². The van der Waals surface area contributed by atoms with Crippen LogP contribution in [0.15, 0.2) is 53.4 Å². The first-order valence-electron chi connectivity index (χ1n) is 8.50. The van der Waals surface area contributed by atoms with Crippen molar-refractivity contribution in [2.75, 3.05) is 18.0 Å². The van der Waals surface area contributed by atoms with Gasteiger partial charge in [-0.15, -0.1) is 0 Å². The zero-order chi connectivity index (χ0) is 20.0. The van der Waals surface area contributed by atoms with Crippen LogP contribution >= 0.6 is 11.6 Å². The summed E-state index contributed by atoms with van der Waals surface area (Å²) in [5.41, 5.74) is 0.202. The van der Waals surface area contributed by atoms with E-state index in [2.05, 4.69) is 5.32 Å². The van der Waals surface area contributed by atoms with E-state index in [1.54, 1.807) is 30.3 Å². The summed E-state index contributed by atoms with van der Waals surface area (Å²) in [6.07, 6.45) is 0.734. The standard InChI is InChI=1S/C19H23ClN2O4S/c1-4-14(2)21-19(23)13-22(17-12-15(20)10-11-18(17)26-3)27(24,25)16-8-6-5-7-9-16/h5-12,14H,4,13H2,1-3H3,(H,21,23)/t14-/m0/s1. The Balaban J connectivity index is 2.53. The molecule has 6 nitrogen and oxygen atoms in total. The van der Waals surface area contributed by atoms with Gasteiger partial charge in [0.25, 0.3) is 10.0 Å². The Morgan fingerprint density at radius 2 is 1.89 bits per heavy atom.